The fourth-order valence-electron chi connectivity index (χ4n) is 3.26. The first-order valence-electron chi connectivity index (χ1n) is 8.10. The lowest BCUT2D eigenvalue weighted by Crippen LogP contribution is -2.47. The molecule has 1 atom stereocenters. The number of aromatic hydroxyl groups is 1. The van der Waals surface area contributed by atoms with Crippen molar-refractivity contribution in [3.05, 3.63) is 58.9 Å². The molecule has 0 fully saturated rings. The number of amides is 1. The Labute approximate surface area is 140 Å². The number of aryl methyl sites for hydroxylation is 2. The molecule has 0 bridgehead atoms. The van der Waals surface area contributed by atoms with E-state index in [2.05, 4.69) is 0 Å². The van der Waals surface area contributed by atoms with Crippen molar-refractivity contribution in [1.82, 2.24) is 0 Å². The molecule has 0 saturated carbocycles. The molecule has 2 aromatic rings. The number of benzene rings is 2. The minimum atomic E-state index is -0.751. The lowest BCUT2D eigenvalue weighted by Gasteiger charge is -2.31. The highest BCUT2D eigenvalue weighted by Crippen LogP contribution is 2.30. The number of carbonyl (C=O) groups excluding carboxylic acids is 1. The highest BCUT2D eigenvalue weighted by molar-refractivity contribution is 5.98. The summed E-state index contributed by atoms with van der Waals surface area (Å²) in [6, 6.07) is 9.13. The van der Waals surface area contributed by atoms with E-state index in [1.165, 1.54) is 11.0 Å². The molecule has 2 aromatic carbocycles. The Balaban J connectivity index is 1.82. The minimum Gasteiger partial charge on any atom is -0.508 e. The SMILES string of the molecule is Cc1cc(O)ccc1C[C@H](N)C(=O)N1CCCc2cccc(F)c21. The Morgan fingerprint density at radius 1 is 1.38 bits per heavy atom. The molecule has 126 valence electrons. The summed E-state index contributed by atoms with van der Waals surface area (Å²) >= 11 is 0. The topological polar surface area (TPSA) is 66.6 Å². The molecular formula is C19H21FN2O2. The summed E-state index contributed by atoms with van der Waals surface area (Å²) in [6.45, 7) is 2.34. The van der Waals surface area contributed by atoms with Crippen LogP contribution in [0.2, 0.25) is 0 Å². The van der Waals surface area contributed by atoms with Crippen molar-refractivity contribution in [2.75, 3.05) is 11.4 Å². The maximum atomic E-state index is 14.2. The van der Waals surface area contributed by atoms with Gasteiger partial charge < -0.3 is 15.7 Å². The Morgan fingerprint density at radius 2 is 2.17 bits per heavy atom. The molecular weight excluding hydrogens is 307 g/mol. The minimum absolute atomic E-state index is 0.183. The van der Waals surface area contributed by atoms with Gasteiger partial charge >= 0.3 is 0 Å². The Kier molecular flexibility index (Phi) is 4.53. The first-order valence-corrected chi connectivity index (χ1v) is 8.10. The number of nitrogens with two attached hydrogens (primary N) is 1. The van der Waals surface area contributed by atoms with Crippen LogP contribution in [0.5, 0.6) is 5.75 Å². The molecule has 0 aliphatic carbocycles. The van der Waals surface area contributed by atoms with Crippen molar-refractivity contribution in [1.29, 1.82) is 0 Å². The molecule has 1 amide bonds. The Bertz CT molecular complexity index is 776. The number of nitrogens with zero attached hydrogens (tertiary/aromatic N) is 1. The molecule has 1 aliphatic rings. The average molecular weight is 328 g/mol. The van der Waals surface area contributed by atoms with Gasteiger partial charge in [-0.3, -0.25) is 4.79 Å². The first-order chi connectivity index (χ1) is 11.5. The van der Waals surface area contributed by atoms with Gasteiger partial charge in [0.2, 0.25) is 5.91 Å². The number of phenols is 1. The largest absolute Gasteiger partial charge is 0.508 e. The van der Waals surface area contributed by atoms with Crippen LogP contribution in [0.1, 0.15) is 23.1 Å². The summed E-state index contributed by atoms with van der Waals surface area (Å²) in [5.74, 6) is -0.467. The van der Waals surface area contributed by atoms with Crippen molar-refractivity contribution in [2.45, 2.75) is 32.2 Å². The molecule has 3 rings (SSSR count). The van der Waals surface area contributed by atoms with Gasteiger partial charge in [0.1, 0.15) is 11.6 Å². The smallest absolute Gasteiger partial charge is 0.244 e. The van der Waals surface area contributed by atoms with Crippen LogP contribution in [0, 0.1) is 12.7 Å². The van der Waals surface area contributed by atoms with Crippen molar-refractivity contribution in [2.24, 2.45) is 5.73 Å². The first kappa shape index (κ1) is 16.5. The quantitative estimate of drug-likeness (QED) is 0.910. The number of anilines is 1. The highest BCUT2D eigenvalue weighted by atomic mass is 19.1. The van der Waals surface area contributed by atoms with Gasteiger partial charge in [-0.05, 0) is 61.1 Å². The predicted molar refractivity (Wildman–Crippen MR) is 91.6 cm³/mol. The van der Waals surface area contributed by atoms with E-state index >= 15 is 0 Å². The number of hydrogen-bond donors (Lipinski definition) is 2. The van der Waals surface area contributed by atoms with E-state index in [1.807, 2.05) is 13.0 Å². The summed E-state index contributed by atoms with van der Waals surface area (Å²) < 4.78 is 14.2. The number of fused-ring (bicyclic) bond motifs is 1. The standard InChI is InChI=1S/C19H21FN2O2/c1-12-10-15(23)8-7-14(12)11-17(21)19(24)22-9-3-5-13-4-2-6-16(20)18(13)22/h2,4,6-8,10,17,23H,3,5,9,11,21H2,1H3/t17-/m0/s1. The number of hydrogen-bond acceptors (Lipinski definition) is 3. The van der Waals surface area contributed by atoms with Crippen molar-refractivity contribution >= 4 is 11.6 Å². The number of para-hydroxylation sites is 1. The predicted octanol–water partition coefficient (Wildman–Crippen LogP) is 2.69. The van der Waals surface area contributed by atoms with Crippen molar-refractivity contribution < 1.29 is 14.3 Å². The van der Waals surface area contributed by atoms with Crippen LogP contribution < -0.4 is 10.6 Å². The van der Waals surface area contributed by atoms with E-state index in [0.717, 1.165) is 29.5 Å². The van der Waals surface area contributed by atoms with Crippen LogP contribution in [-0.4, -0.2) is 23.6 Å². The molecule has 5 heteroatoms. The van der Waals surface area contributed by atoms with E-state index in [-0.39, 0.29) is 17.5 Å². The second kappa shape index (κ2) is 6.61. The second-order valence-corrected chi connectivity index (χ2v) is 6.26. The van der Waals surface area contributed by atoms with Gasteiger partial charge in [0, 0.05) is 6.54 Å². The molecule has 0 aromatic heterocycles. The zero-order valence-corrected chi connectivity index (χ0v) is 13.6. The van der Waals surface area contributed by atoms with Gasteiger partial charge in [-0.25, -0.2) is 4.39 Å². The van der Waals surface area contributed by atoms with Crippen LogP contribution >= 0.6 is 0 Å². The number of carbonyl (C=O) groups is 1. The maximum Gasteiger partial charge on any atom is 0.244 e. The number of phenolic OH excluding ortho intramolecular Hbond substituents is 1. The van der Waals surface area contributed by atoms with E-state index in [9.17, 15) is 14.3 Å². The van der Waals surface area contributed by atoms with Crippen LogP contribution in [0.4, 0.5) is 10.1 Å². The van der Waals surface area contributed by atoms with E-state index < -0.39 is 6.04 Å². The van der Waals surface area contributed by atoms with E-state index in [1.54, 1.807) is 24.3 Å². The normalized spacial score (nSPS) is 15.0. The summed E-state index contributed by atoms with van der Waals surface area (Å²) in [5.41, 5.74) is 9.12. The molecule has 3 N–H and O–H groups in total. The molecule has 1 heterocycles. The van der Waals surface area contributed by atoms with Gasteiger partial charge in [-0.1, -0.05) is 18.2 Å². The monoisotopic (exact) mass is 328 g/mol. The molecule has 0 saturated heterocycles. The highest BCUT2D eigenvalue weighted by Gasteiger charge is 2.29. The van der Waals surface area contributed by atoms with Crippen LogP contribution in [0.25, 0.3) is 0 Å². The molecule has 1 aliphatic heterocycles. The van der Waals surface area contributed by atoms with Crippen LogP contribution in [-0.2, 0) is 17.6 Å². The van der Waals surface area contributed by atoms with Gasteiger partial charge in [0.05, 0.1) is 11.7 Å². The zero-order chi connectivity index (χ0) is 17.3. The molecule has 0 spiro atoms. The van der Waals surface area contributed by atoms with Crippen LogP contribution in [0.15, 0.2) is 36.4 Å². The second-order valence-electron chi connectivity index (χ2n) is 6.26. The summed E-state index contributed by atoms with van der Waals surface area (Å²) in [4.78, 5) is 14.3. The Morgan fingerprint density at radius 3 is 2.92 bits per heavy atom. The molecule has 24 heavy (non-hydrogen) atoms. The maximum absolute atomic E-state index is 14.2. The number of halogens is 1. The van der Waals surface area contributed by atoms with Gasteiger partial charge in [-0.2, -0.15) is 0 Å². The molecule has 0 unspecified atom stereocenters. The summed E-state index contributed by atoms with van der Waals surface area (Å²) in [6.07, 6.45) is 1.92. The van der Waals surface area contributed by atoms with Gasteiger partial charge in [0.25, 0.3) is 0 Å². The van der Waals surface area contributed by atoms with E-state index in [4.69, 9.17) is 5.73 Å². The van der Waals surface area contributed by atoms with E-state index in [0.29, 0.717) is 18.7 Å². The van der Waals surface area contributed by atoms with Crippen molar-refractivity contribution in [3.63, 3.8) is 0 Å². The van der Waals surface area contributed by atoms with Crippen molar-refractivity contribution in [3.8, 4) is 5.75 Å². The summed E-state index contributed by atoms with van der Waals surface area (Å²) in [7, 11) is 0. The Hall–Kier alpha value is -2.40. The zero-order valence-electron chi connectivity index (χ0n) is 13.6. The lowest BCUT2D eigenvalue weighted by atomic mass is 9.97. The lowest BCUT2D eigenvalue weighted by molar-refractivity contribution is -0.119. The summed E-state index contributed by atoms with van der Waals surface area (Å²) in [5, 5.41) is 9.48. The van der Waals surface area contributed by atoms with Gasteiger partial charge in [0.15, 0.2) is 0 Å². The fraction of sp³-hybridized carbons (Fsp3) is 0.316. The third-order valence-electron chi connectivity index (χ3n) is 4.52. The molecule has 0 radical (unpaired) electrons. The average Bonchev–Trinajstić information content (AvgIpc) is 2.56. The van der Waals surface area contributed by atoms with Crippen LogP contribution in [0.3, 0.4) is 0 Å². The van der Waals surface area contributed by atoms with Gasteiger partial charge in [-0.15, -0.1) is 0 Å². The third-order valence-corrected chi connectivity index (χ3v) is 4.52. The molecule has 4 nitrogen and oxygen atoms in total. The third kappa shape index (κ3) is 3.12. The fourth-order valence-corrected chi connectivity index (χ4v) is 3.26. The number of rotatable bonds is 3.